The van der Waals surface area contributed by atoms with Crippen molar-refractivity contribution in [2.24, 2.45) is 4.99 Å². The quantitative estimate of drug-likeness (QED) is 0.366. The molecule has 0 fully saturated rings. The molecular weight excluding hydrogens is 356 g/mol. The molecule has 0 N–H and O–H groups in total. The van der Waals surface area contributed by atoms with E-state index in [1.54, 1.807) is 6.21 Å². The van der Waals surface area contributed by atoms with Crippen molar-refractivity contribution in [3.8, 4) is 11.5 Å². The first-order valence-electron chi connectivity index (χ1n) is 8.62. The Morgan fingerprint density at radius 2 is 1.89 bits per heavy atom. The van der Waals surface area contributed by atoms with Crippen molar-refractivity contribution in [2.75, 3.05) is 0 Å². The van der Waals surface area contributed by atoms with Crippen LogP contribution in [0, 0.1) is 6.92 Å². The van der Waals surface area contributed by atoms with Gasteiger partial charge in [-0.25, -0.2) is 4.98 Å². The monoisotopic (exact) mass is 372 g/mol. The van der Waals surface area contributed by atoms with Crippen LogP contribution in [-0.2, 0) is 0 Å². The van der Waals surface area contributed by atoms with Gasteiger partial charge in [-0.1, -0.05) is 53.6 Å². The zero-order valence-electron chi connectivity index (χ0n) is 14.8. The lowest BCUT2D eigenvalue weighted by molar-refractivity contribution is 0.620. The molecule has 132 valence electrons. The van der Waals surface area contributed by atoms with Gasteiger partial charge in [0.05, 0.1) is 5.69 Å². The molecule has 27 heavy (non-hydrogen) atoms. The number of aryl methyl sites for hydroxylation is 1. The minimum Gasteiger partial charge on any atom is -0.436 e. The molecule has 3 aromatic carbocycles. The van der Waals surface area contributed by atoms with Crippen molar-refractivity contribution in [3.63, 3.8) is 0 Å². The average molecular weight is 373 g/mol. The van der Waals surface area contributed by atoms with E-state index in [-0.39, 0.29) is 0 Å². The Hall–Kier alpha value is -3.17. The van der Waals surface area contributed by atoms with E-state index in [0.29, 0.717) is 5.89 Å². The predicted octanol–water partition coefficient (Wildman–Crippen LogP) is 6.87. The highest BCUT2D eigenvalue weighted by atomic mass is 35.5. The maximum Gasteiger partial charge on any atom is 0.227 e. The topological polar surface area (TPSA) is 38.4 Å². The van der Waals surface area contributed by atoms with Crippen LogP contribution in [0.25, 0.3) is 28.6 Å². The third kappa shape index (κ3) is 3.99. The molecule has 0 atom stereocenters. The van der Waals surface area contributed by atoms with Gasteiger partial charge in [0.1, 0.15) is 5.52 Å². The lowest BCUT2D eigenvalue weighted by Crippen LogP contribution is -1.78. The Balaban J connectivity index is 1.56. The summed E-state index contributed by atoms with van der Waals surface area (Å²) in [5, 5.41) is 0.717. The largest absolute Gasteiger partial charge is 0.436 e. The first-order valence-corrected chi connectivity index (χ1v) is 9.00. The zero-order valence-corrected chi connectivity index (χ0v) is 15.5. The normalized spacial score (nSPS) is 11.8. The number of allylic oxidation sites excluding steroid dienone is 1. The van der Waals surface area contributed by atoms with E-state index in [4.69, 9.17) is 16.0 Å². The maximum atomic E-state index is 6.13. The molecule has 4 heteroatoms. The van der Waals surface area contributed by atoms with Gasteiger partial charge in [-0.05, 0) is 55.0 Å². The number of hydrogen-bond donors (Lipinski definition) is 0. The van der Waals surface area contributed by atoms with Gasteiger partial charge in [-0.2, -0.15) is 0 Å². The van der Waals surface area contributed by atoms with Crippen LogP contribution in [0.1, 0.15) is 11.1 Å². The average Bonchev–Trinajstić information content (AvgIpc) is 3.10. The molecule has 0 spiro atoms. The number of hydrogen-bond acceptors (Lipinski definition) is 3. The number of rotatable bonds is 4. The standard InChI is InChI=1S/C23H17ClN2O/c1-16-6-4-8-18(14-16)23-26-21-15-19(11-12-22(21)27-23)25-13-5-9-17-7-2-3-10-20(17)24/h2-15H,1H3/b9-5+,25-13?. The molecule has 0 bridgehead atoms. The second-order valence-electron chi connectivity index (χ2n) is 6.20. The fourth-order valence-corrected chi connectivity index (χ4v) is 2.98. The third-order valence-corrected chi connectivity index (χ3v) is 4.47. The summed E-state index contributed by atoms with van der Waals surface area (Å²) in [6, 6.07) is 21.5. The highest BCUT2D eigenvalue weighted by Gasteiger charge is 2.08. The molecule has 3 nitrogen and oxygen atoms in total. The number of fused-ring (bicyclic) bond motifs is 1. The van der Waals surface area contributed by atoms with Gasteiger partial charge in [0.25, 0.3) is 0 Å². The summed E-state index contributed by atoms with van der Waals surface area (Å²) in [6.45, 7) is 2.05. The summed E-state index contributed by atoms with van der Waals surface area (Å²) in [7, 11) is 0. The van der Waals surface area contributed by atoms with Crippen molar-refractivity contribution in [1.29, 1.82) is 0 Å². The molecule has 0 unspecified atom stereocenters. The van der Waals surface area contributed by atoms with Crippen LogP contribution in [0.4, 0.5) is 5.69 Å². The molecule has 0 saturated carbocycles. The van der Waals surface area contributed by atoms with Crippen LogP contribution in [-0.4, -0.2) is 11.2 Å². The molecule has 0 aliphatic carbocycles. The van der Waals surface area contributed by atoms with Crippen LogP contribution in [0.3, 0.4) is 0 Å². The summed E-state index contributed by atoms with van der Waals surface area (Å²) in [6.07, 6.45) is 5.54. The lowest BCUT2D eigenvalue weighted by Gasteiger charge is -1.95. The molecule has 0 aliphatic heterocycles. The summed E-state index contributed by atoms with van der Waals surface area (Å²) < 4.78 is 5.87. The van der Waals surface area contributed by atoms with E-state index in [9.17, 15) is 0 Å². The molecule has 1 aromatic heterocycles. The molecule has 0 amide bonds. The van der Waals surface area contributed by atoms with Crippen molar-refractivity contribution >= 4 is 40.7 Å². The van der Waals surface area contributed by atoms with Crippen LogP contribution in [0.2, 0.25) is 5.02 Å². The third-order valence-electron chi connectivity index (χ3n) is 4.13. The Kier molecular flexibility index (Phi) is 4.86. The first kappa shape index (κ1) is 17.3. The van der Waals surface area contributed by atoms with E-state index in [1.807, 2.05) is 66.7 Å². The summed E-state index contributed by atoms with van der Waals surface area (Å²) >= 11 is 6.13. The Morgan fingerprint density at radius 3 is 2.74 bits per heavy atom. The number of aliphatic imine (C=N–C) groups is 1. The zero-order chi connectivity index (χ0) is 18.6. The van der Waals surface area contributed by atoms with E-state index in [1.165, 1.54) is 5.56 Å². The van der Waals surface area contributed by atoms with Crippen LogP contribution < -0.4 is 0 Å². The van der Waals surface area contributed by atoms with Gasteiger partial charge in [0.15, 0.2) is 5.58 Å². The molecular formula is C23H17ClN2O. The van der Waals surface area contributed by atoms with E-state index < -0.39 is 0 Å². The van der Waals surface area contributed by atoms with Crippen molar-refractivity contribution < 1.29 is 4.42 Å². The summed E-state index contributed by atoms with van der Waals surface area (Å²) in [4.78, 5) is 9.06. The van der Waals surface area contributed by atoms with E-state index >= 15 is 0 Å². The van der Waals surface area contributed by atoms with Crippen LogP contribution in [0.15, 0.2) is 82.2 Å². The van der Waals surface area contributed by atoms with E-state index in [2.05, 4.69) is 29.0 Å². The SMILES string of the molecule is Cc1cccc(-c2nc3cc(N=C/C=C/c4ccccc4Cl)ccc3o2)c1. The Morgan fingerprint density at radius 1 is 1.00 bits per heavy atom. The predicted molar refractivity (Wildman–Crippen MR) is 113 cm³/mol. The van der Waals surface area contributed by atoms with Crippen molar-refractivity contribution in [1.82, 2.24) is 4.98 Å². The molecule has 1 heterocycles. The van der Waals surface area contributed by atoms with Gasteiger partial charge >= 0.3 is 0 Å². The van der Waals surface area contributed by atoms with Crippen LogP contribution in [0.5, 0.6) is 0 Å². The second-order valence-corrected chi connectivity index (χ2v) is 6.61. The van der Waals surface area contributed by atoms with E-state index in [0.717, 1.165) is 32.9 Å². The number of nitrogens with zero attached hydrogens (tertiary/aromatic N) is 2. The minimum atomic E-state index is 0.619. The fourth-order valence-electron chi connectivity index (χ4n) is 2.78. The number of oxazole rings is 1. The molecule has 0 aliphatic rings. The Labute approximate surface area is 162 Å². The Bertz CT molecular complexity index is 1160. The smallest absolute Gasteiger partial charge is 0.227 e. The van der Waals surface area contributed by atoms with Gasteiger partial charge < -0.3 is 4.42 Å². The summed E-state index contributed by atoms with van der Waals surface area (Å²) in [5.41, 5.74) is 5.45. The fraction of sp³-hybridized carbons (Fsp3) is 0.0435. The van der Waals surface area contributed by atoms with Gasteiger partial charge in [-0.3, -0.25) is 4.99 Å². The van der Waals surface area contributed by atoms with Gasteiger partial charge in [0.2, 0.25) is 5.89 Å². The molecule has 4 aromatic rings. The van der Waals surface area contributed by atoms with Crippen molar-refractivity contribution in [2.45, 2.75) is 6.92 Å². The maximum absolute atomic E-state index is 6.13. The van der Waals surface area contributed by atoms with Gasteiger partial charge in [0, 0.05) is 16.8 Å². The lowest BCUT2D eigenvalue weighted by atomic mass is 10.1. The number of aromatic nitrogens is 1. The highest BCUT2D eigenvalue weighted by Crippen LogP contribution is 2.27. The molecule has 0 saturated heterocycles. The molecule has 4 rings (SSSR count). The van der Waals surface area contributed by atoms with Crippen LogP contribution >= 0.6 is 11.6 Å². The van der Waals surface area contributed by atoms with Gasteiger partial charge in [-0.15, -0.1) is 0 Å². The minimum absolute atomic E-state index is 0.619. The highest BCUT2D eigenvalue weighted by molar-refractivity contribution is 6.32. The molecule has 0 radical (unpaired) electrons. The first-order chi connectivity index (χ1) is 13.2. The number of halogens is 1. The van der Waals surface area contributed by atoms with Crippen molar-refractivity contribution in [3.05, 3.63) is 89.0 Å². The second kappa shape index (κ2) is 7.60. The summed E-state index contributed by atoms with van der Waals surface area (Å²) in [5.74, 6) is 0.619. The number of benzene rings is 3.